The highest BCUT2D eigenvalue weighted by Crippen LogP contribution is 2.32. The largest absolute Gasteiger partial charge is 0.392 e. The third kappa shape index (κ3) is 3.59. The van der Waals surface area contributed by atoms with Crippen LogP contribution >= 0.6 is 35.3 Å². The number of carbonyl (C=O) groups excluding carboxylic acids is 1. The Morgan fingerprint density at radius 1 is 1.33 bits per heavy atom. The summed E-state index contributed by atoms with van der Waals surface area (Å²) in [6.45, 7) is 3.88. The fraction of sp³-hybridized carbons (Fsp3) is 0.571. The molecule has 0 unspecified atom stereocenters. The fourth-order valence-electron chi connectivity index (χ4n) is 2.74. The van der Waals surface area contributed by atoms with Crippen molar-refractivity contribution in [1.82, 2.24) is 9.80 Å². The Bertz CT molecular complexity index is 526. The molecular formula is C14H19N3OS3. The molecule has 0 saturated carbocycles. The van der Waals surface area contributed by atoms with Gasteiger partial charge in [0.05, 0.1) is 9.87 Å². The summed E-state index contributed by atoms with van der Waals surface area (Å²) in [5.41, 5.74) is 6.94. The smallest absolute Gasteiger partial charge is 0.264 e. The number of aryl methyl sites for hydroxylation is 1. The number of carbonyl (C=O) groups is 1. The van der Waals surface area contributed by atoms with Gasteiger partial charge in [0.25, 0.3) is 5.91 Å². The number of nitrogens with two attached hydrogens (primary N) is 1. The molecule has 2 aliphatic rings. The monoisotopic (exact) mass is 341 g/mol. The van der Waals surface area contributed by atoms with E-state index < -0.39 is 0 Å². The lowest BCUT2D eigenvalue weighted by Gasteiger charge is -2.34. The molecule has 2 N–H and O–H groups in total. The van der Waals surface area contributed by atoms with Crippen LogP contribution < -0.4 is 5.73 Å². The number of rotatable bonds is 3. The predicted molar refractivity (Wildman–Crippen MR) is 93.3 cm³/mol. The SMILES string of the molecule is NC(=S)CN1CCN(C(=O)c2cc3c(s2)CCSC3)CC1. The zero-order valence-corrected chi connectivity index (χ0v) is 14.3. The third-order valence-electron chi connectivity index (χ3n) is 3.88. The number of thiocarbonyl (C=S) groups is 1. The van der Waals surface area contributed by atoms with Gasteiger partial charge in [0.1, 0.15) is 0 Å². The van der Waals surface area contributed by atoms with E-state index in [-0.39, 0.29) is 5.91 Å². The summed E-state index contributed by atoms with van der Waals surface area (Å²) in [5, 5.41) is 0. The lowest BCUT2D eigenvalue weighted by Crippen LogP contribution is -2.50. The molecule has 0 bridgehead atoms. The number of thioether (sulfide) groups is 1. The Kier molecular flexibility index (Phi) is 4.83. The van der Waals surface area contributed by atoms with Crippen molar-refractivity contribution < 1.29 is 4.79 Å². The van der Waals surface area contributed by atoms with Gasteiger partial charge in [0.15, 0.2) is 0 Å². The minimum Gasteiger partial charge on any atom is -0.392 e. The van der Waals surface area contributed by atoms with Gasteiger partial charge in [-0.2, -0.15) is 11.8 Å². The Labute approximate surface area is 138 Å². The zero-order valence-electron chi connectivity index (χ0n) is 11.8. The number of amides is 1. The van der Waals surface area contributed by atoms with E-state index in [1.165, 1.54) is 16.2 Å². The Balaban J connectivity index is 1.61. The molecule has 7 heteroatoms. The average molecular weight is 342 g/mol. The van der Waals surface area contributed by atoms with Gasteiger partial charge in [-0.1, -0.05) is 12.2 Å². The Morgan fingerprint density at radius 2 is 2.10 bits per heavy atom. The lowest BCUT2D eigenvalue weighted by molar-refractivity contribution is 0.0659. The second-order valence-electron chi connectivity index (χ2n) is 5.40. The van der Waals surface area contributed by atoms with E-state index in [1.807, 2.05) is 16.7 Å². The van der Waals surface area contributed by atoms with Gasteiger partial charge in [0.2, 0.25) is 0 Å². The summed E-state index contributed by atoms with van der Waals surface area (Å²) in [5.74, 6) is 2.43. The van der Waals surface area contributed by atoms with E-state index in [0.717, 1.165) is 43.2 Å². The van der Waals surface area contributed by atoms with Crippen LogP contribution in [0.3, 0.4) is 0 Å². The van der Waals surface area contributed by atoms with Crippen molar-refractivity contribution in [2.75, 3.05) is 38.5 Å². The molecule has 0 aromatic carbocycles. The van der Waals surface area contributed by atoms with Crippen molar-refractivity contribution in [3.63, 3.8) is 0 Å². The van der Waals surface area contributed by atoms with E-state index in [0.29, 0.717) is 11.5 Å². The van der Waals surface area contributed by atoms with Crippen LogP contribution in [0.25, 0.3) is 0 Å². The van der Waals surface area contributed by atoms with Crippen molar-refractivity contribution >= 4 is 46.2 Å². The van der Waals surface area contributed by atoms with Crippen molar-refractivity contribution in [2.45, 2.75) is 12.2 Å². The van der Waals surface area contributed by atoms with Gasteiger partial charge < -0.3 is 10.6 Å². The van der Waals surface area contributed by atoms with Crippen LogP contribution in [-0.4, -0.2) is 59.2 Å². The molecule has 1 aromatic rings. The maximum absolute atomic E-state index is 12.6. The molecule has 1 saturated heterocycles. The highest BCUT2D eigenvalue weighted by molar-refractivity contribution is 7.98. The predicted octanol–water partition coefficient (Wildman–Crippen LogP) is 1.58. The summed E-state index contributed by atoms with van der Waals surface area (Å²) < 4.78 is 0. The highest BCUT2D eigenvalue weighted by Gasteiger charge is 2.25. The van der Waals surface area contributed by atoms with Crippen molar-refractivity contribution in [2.24, 2.45) is 5.73 Å². The standard InChI is InChI=1S/C14H19N3OS3/c15-13(19)8-16-2-4-17(5-3-16)14(18)12-7-10-9-20-6-1-11(10)21-12/h7H,1-6,8-9H2,(H2,15,19). The van der Waals surface area contributed by atoms with Gasteiger partial charge in [-0.3, -0.25) is 9.69 Å². The van der Waals surface area contributed by atoms with Gasteiger partial charge in [-0.25, -0.2) is 0 Å². The minimum absolute atomic E-state index is 0.189. The van der Waals surface area contributed by atoms with Gasteiger partial charge in [-0.15, -0.1) is 11.3 Å². The van der Waals surface area contributed by atoms with Crippen LogP contribution in [0.1, 0.15) is 20.1 Å². The third-order valence-corrected chi connectivity index (χ3v) is 6.24. The first kappa shape index (κ1) is 15.3. The number of piperazine rings is 1. The van der Waals surface area contributed by atoms with Gasteiger partial charge >= 0.3 is 0 Å². The average Bonchev–Trinajstić information content (AvgIpc) is 2.90. The van der Waals surface area contributed by atoms with Crippen molar-refractivity contribution in [3.05, 3.63) is 21.4 Å². The number of fused-ring (bicyclic) bond motifs is 1. The maximum Gasteiger partial charge on any atom is 0.264 e. The van der Waals surface area contributed by atoms with Crippen LogP contribution in [0.5, 0.6) is 0 Å². The van der Waals surface area contributed by atoms with Gasteiger partial charge in [0, 0.05) is 43.4 Å². The molecule has 1 aromatic heterocycles. The summed E-state index contributed by atoms with van der Waals surface area (Å²) in [6.07, 6.45) is 1.11. The summed E-state index contributed by atoms with van der Waals surface area (Å²) in [4.78, 5) is 19.6. The quantitative estimate of drug-likeness (QED) is 0.846. The molecule has 2 aliphatic heterocycles. The number of hydrogen-bond acceptors (Lipinski definition) is 5. The van der Waals surface area contributed by atoms with E-state index in [4.69, 9.17) is 18.0 Å². The molecule has 21 heavy (non-hydrogen) atoms. The van der Waals surface area contributed by atoms with E-state index in [9.17, 15) is 4.79 Å². The summed E-state index contributed by atoms with van der Waals surface area (Å²) in [6, 6.07) is 2.11. The highest BCUT2D eigenvalue weighted by atomic mass is 32.2. The van der Waals surface area contributed by atoms with Crippen molar-refractivity contribution in [1.29, 1.82) is 0 Å². The minimum atomic E-state index is 0.189. The van der Waals surface area contributed by atoms with Crippen molar-refractivity contribution in [3.8, 4) is 0 Å². The number of hydrogen-bond donors (Lipinski definition) is 1. The second-order valence-corrected chi connectivity index (χ2v) is 8.16. The Hall–Kier alpha value is -0.630. The summed E-state index contributed by atoms with van der Waals surface area (Å²) in [7, 11) is 0. The molecule has 0 radical (unpaired) electrons. The normalized spacial score (nSPS) is 19.3. The molecule has 1 fully saturated rings. The van der Waals surface area contributed by atoms with E-state index >= 15 is 0 Å². The molecule has 4 nitrogen and oxygen atoms in total. The maximum atomic E-state index is 12.6. The van der Waals surface area contributed by atoms with Crippen LogP contribution in [0, 0.1) is 0 Å². The lowest BCUT2D eigenvalue weighted by atomic mass is 10.2. The first-order chi connectivity index (χ1) is 10.1. The fourth-order valence-corrected chi connectivity index (χ4v) is 5.26. The zero-order chi connectivity index (χ0) is 14.8. The van der Waals surface area contributed by atoms with E-state index in [2.05, 4.69) is 11.0 Å². The molecule has 0 spiro atoms. The molecular weight excluding hydrogens is 322 g/mol. The Morgan fingerprint density at radius 3 is 2.76 bits per heavy atom. The molecule has 3 rings (SSSR count). The van der Waals surface area contributed by atoms with E-state index in [1.54, 1.807) is 11.3 Å². The molecule has 0 atom stereocenters. The first-order valence-electron chi connectivity index (χ1n) is 7.13. The number of thiophene rings is 1. The van der Waals surface area contributed by atoms with Crippen LogP contribution in [-0.2, 0) is 12.2 Å². The number of nitrogens with zero attached hydrogens (tertiary/aromatic N) is 2. The molecule has 114 valence electrons. The second kappa shape index (κ2) is 6.64. The topological polar surface area (TPSA) is 49.6 Å². The molecule has 0 aliphatic carbocycles. The molecule has 1 amide bonds. The van der Waals surface area contributed by atoms with Crippen LogP contribution in [0.15, 0.2) is 6.07 Å². The molecule has 3 heterocycles. The summed E-state index contributed by atoms with van der Waals surface area (Å²) >= 11 is 8.58. The van der Waals surface area contributed by atoms with Crippen LogP contribution in [0.4, 0.5) is 0 Å². The van der Waals surface area contributed by atoms with Gasteiger partial charge in [-0.05, 0) is 23.8 Å². The van der Waals surface area contributed by atoms with Crippen LogP contribution in [0.2, 0.25) is 0 Å². The first-order valence-corrected chi connectivity index (χ1v) is 9.50.